The second-order valence-electron chi connectivity index (χ2n) is 3.91. The van der Waals surface area contributed by atoms with E-state index in [1.165, 1.54) is 12.8 Å². The molecule has 1 aliphatic rings. The van der Waals surface area contributed by atoms with Crippen molar-refractivity contribution in [1.82, 2.24) is 10.3 Å². The first kappa shape index (κ1) is 10.9. The van der Waals surface area contributed by atoms with Crippen LogP contribution in [-0.2, 0) is 0 Å². The molecule has 84 valence electrons. The molecule has 0 spiro atoms. The van der Waals surface area contributed by atoms with Gasteiger partial charge in [0, 0.05) is 6.04 Å². The third-order valence-electron chi connectivity index (χ3n) is 2.86. The van der Waals surface area contributed by atoms with Crippen molar-refractivity contribution in [2.75, 3.05) is 13.7 Å². The van der Waals surface area contributed by atoms with Crippen molar-refractivity contribution in [3.63, 3.8) is 0 Å². The summed E-state index contributed by atoms with van der Waals surface area (Å²) in [6.07, 6.45) is 3.55. The van der Waals surface area contributed by atoms with Gasteiger partial charge in [-0.05, 0) is 31.5 Å². The quantitative estimate of drug-likeness (QED) is 0.820. The zero-order valence-electron chi connectivity index (χ0n) is 9.36. The minimum Gasteiger partial charge on any atom is -0.480 e. The molecule has 1 unspecified atom stereocenters. The van der Waals surface area contributed by atoms with E-state index in [1.807, 2.05) is 6.07 Å². The zero-order chi connectivity index (χ0) is 11.4. The molecule has 1 atom stereocenters. The number of methoxy groups -OCH3 is 1. The van der Waals surface area contributed by atoms with Crippen LogP contribution in [-0.4, -0.2) is 18.6 Å². The van der Waals surface area contributed by atoms with Crippen LogP contribution in [0.25, 0.3) is 0 Å². The molecule has 1 aromatic heterocycles. The Balaban J connectivity index is 2.25. The maximum atomic E-state index is 8.87. The predicted molar refractivity (Wildman–Crippen MR) is 60.1 cm³/mol. The van der Waals surface area contributed by atoms with E-state index in [9.17, 15) is 0 Å². The number of piperidine rings is 1. The fraction of sp³-hybridized carbons (Fsp3) is 0.500. The van der Waals surface area contributed by atoms with E-state index in [-0.39, 0.29) is 0 Å². The summed E-state index contributed by atoms with van der Waals surface area (Å²) >= 11 is 0. The van der Waals surface area contributed by atoms with Gasteiger partial charge in [-0.2, -0.15) is 5.26 Å². The van der Waals surface area contributed by atoms with Gasteiger partial charge in [-0.15, -0.1) is 0 Å². The molecule has 1 N–H and O–H groups in total. The molecular weight excluding hydrogens is 202 g/mol. The Morgan fingerprint density at radius 1 is 1.50 bits per heavy atom. The number of hydrogen-bond acceptors (Lipinski definition) is 4. The molecule has 0 saturated carbocycles. The van der Waals surface area contributed by atoms with Crippen molar-refractivity contribution < 1.29 is 4.74 Å². The SMILES string of the molecule is COc1nc(C2CCCCN2)ccc1C#N. The van der Waals surface area contributed by atoms with Crippen LogP contribution in [0, 0.1) is 11.3 Å². The largest absolute Gasteiger partial charge is 0.480 e. The van der Waals surface area contributed by atoms with E-state index in [0.717, 1.165) is 18.7 Å². The molecule has 1 saturated heterocycles. The van der Waals surface area contributed by atoms with E-state index in [2.05, 4.69) is 16.4 Å². The van der Waals surface area contributed by atoms with Gasteiger partial charge >= 0.3 is 0 Å². The highest BCUT2D eigenvalue weighted by molar-refractivity contribution is 5.39. The van der Waals surface area contributed by atoms with E-state index < -0.39 is 0 Å². The van der Waals surface area contributed by atoms with Crippen molar-refractivity contribution in [1.29, 1.82) is 5.26 Å². The van der Waals surface area contributed by atoms with Gasteiger partial charge in [0.05, 0.1) is 12.8 Å². The average Bonchev–Trinajstić information content (AvgIpc) is 2.39. The number of pyridine rings is 1. The summed E-state index contributed by atoms with van der Waals surface area (Å²) < 4.78 is 5.11. The van der Waals surface area contributed by atoms with Crippen LogP contribution in [0.2, 0.25) is 0 Å². The highest BCUT2D eigenvalue weighted by atomic mass is 16.5. The lowest BCUT2D eigenvalue weighted by Gasteiger charge is -2.23. The number of ether oxygens (including phenoxy) is 1. The van der Waals surface area contributed by atoms with E-state index >= 15 is 0 Å². The van der Waals surface area contributed by atoms with Crippen molar-refractivity contribution in [2.45, 2.75) is 25.3 Å². The van der Waals surface area contributed by atoms with Crippen molar-refractivity contribution in [3.05, 3.63) is 23.4 Å². The lowest BCUT2D eigenvalue weighted by Crippen LogP contribution is -2.27. The molecule has 2 heterocycles. The Kier molecular flexibility index (Phi) is 3.37. The number of aromatic nitrogens is 1. The zero-order valence-corrected chi connectivity index (χ0v) is 9.36. The third-order valence-corrected chi connectivity index (χ3v) is 2.86. The first-order chi connectivity index (χ1) is 7.85. The molecule has 16 heavy (non-hydrogen) atoms. The number of hydrogen-bond donors (Lipinski definition) is 1. The molecule has 0 amide bonds. The Labute approximate surface area is 95.3 Å². The van der Waals surface area contributed by atoms with Crippen molar-refractivity contribution >= 4 is 0 Å². The number of nitrogens with zero attached hydrogens (tertiary/aromatic N) is 2. The first-order valence-corrected chi connectivity index (χ1v) is 5.53. The van der Waals surface area contributed by atoms with Gasteiger partial charge in [-0.3, -0.25) is 0 Å². The summed E-state index contributed by atoms with van der Waals surface area (Å²) in [5.74, 6) is 0.423. The van der Waals surface area contributed by atoms with E-state index in [0.29, 0.717) is 17.5 Å². The van der Waals surface area contributed by atoms with Gasteiger partial charge in [-0.1, -0.05) is 6.42 Å². The topological polar surface area (TPSA) is 57.9 Å². The molecule has 0 bridgehead atoms. The number of nitrogens with one attached hydrogen (secondary N) is 1. The number of nitriles is 1. The summed E-state index contributed by atoms with van der Waals surface area (Å²) in [5.41, 5.74) is 1.46. The Morgan fingerprint density at radius 2 is 2.38 bits per heavy atom. The summed E-state index contributed by atoms with van der Waals surface area (Å²) in [4.78, 5) is 4.38. The molecule has 1 fully saturated rings. The molecule has 1 aliphatic heterocycles. The second kappa shape index (κ2) is 4.95. The smallest absolute Gasteiger partial charge is 0.231 e. The fourth-order valence-corrected chi connectivity index (χ4v) is 1.99. The minimum absolute atomic E-state index is 0.301. The average molecular weight is 217 g/mol. The van der Waals surface area contributed by atoms with Crippen molar-refractivity contribution in [2.24, 2.45) is 0 Å². The molecule has 0 aromatic carbocycles. The second-order valence-corrected chi connectivity index (χ2v) is 3.91. The maximum absolute atomic E-state index is 8.87. The van der Waals surface area contributed by atoms with Crippen LogP contribution in [0.15, 0.2) is 12.1 Å². The molecule has 4 nitrogen and oxygen atoms in total. The monoisotopic (exact) mass is 217 g/mol. The lowest BCUT2D eigenvalue weighted by molar-refractivity contribution is 0.377. The maximum Gasteiger partial charge on any atom is 0.231 e. The van der Waals surface area contributed by atoms with E-state index in [4.69, 9.17) is 10.00 Å². The van der Waals surface area contributed by atoms with Crippen molar-refractivity contribution in [3.8, 4) is 11.9 Å². The van der Waals surface area contributed by atoms with Crippen LogP contribution in [0.4, 0.5) is 0 Å². The third kappa shape index (κ3) is 2.15. The first-order valence-electron chi connectivity index (χ1n) is 5.53. The van der Waals surface area contributed by atoms with Crippen LogP contribution in [0.5, 0.6) is 5.88 Å². The summed E-state index contributed by atoms with van der Waals surface area (Å²) in [6, 6.07) is 6.05. The molecular formula is C12H15N3O. The van der Waals surface area contributed by atoms with Gasteiger partial charge in [-0.25, -0.2) is 4.98 Å². The normalized spacial score (nSPS) is 20.1. The summed E-state index contributed by atoms with van der Waals surface area (Å²) in [7, 11) is 1.54. The van der Waals surface area contributed by atoms with Gasteiger partial charge in [0.25, 0.3) is 0 Å². The number of rotatable bonds is 2. The standard InChI is InChI=1S/C12H15N3O/c1-16-12-9(8-13)5-6-11(15-12)10-4-2-3-7-14-10/h5-6,10,14H,2-4,7H2,1H3. The summed E-state index contributed by atoms with van der Waals surface area (Å²) in [5, 5.41) is 12.3. The molecule has 0 aliphatic carbocycles. The Hall–Kier alpha value is -1.60. The van der Waals surface area contributed by atoms with Gasteiger partial charge in [0.1, 0.15) is 11.6 Å². The molecule has 4 heteroatoms. The van der Waals surface area contributed by atoms with E-state index in [1.54, 1.807) is 13.2 Å². The van der Waals surface area contributed by atoms with Crippen LogP contribution in [0.1, 0.15) is 36.6 Å². The van der Waals surface area contributed by atoms with Crippen LogP contribution in [0.3, 0.4) is 0 Å². The van der Waals surface area contributed by atoms with Gasteiger partial charge in [0.15, 0.2) is 0 Å². The fourth-order valence-electron chi connectivity index (χ4n) is 1.99. The highest BCUT2D eigenvalue weighted by Crippen LogP contribution is 2.24. The lowest BCUT2D eigenvalue weighted by atomic mass is 10.0. The van der Waals surface area contributed by atoms with Crippen LogP contribution >= 0.6 is 0 Å². The van der Waals surface area contributed by atoms with Gasteiger partial charge in [0.2, 0.25) is 5.88 Å². The Bertz CT molecular complexity index is 405. The Morgan fingerprint density at radius 3 is 3.00 bits per heavy atom. The van der Waals surface area contributed by atoms with Gasteiger partial charge < -0.3 is 10.1 Å². The minimum atomic E-state index is 0.301. The molecule has 1 aromatic rings. The van der Waals surface area contributed by atoms with Crippen LogP contribution < -0.4 is 10.1 Å². The highest BCUT2D eigenvalue weighted by Gasteiger charge is 2.17. The summed E-state index contributed by atoms with van der Waals surface area (Å²) in [6.45, 7) is 1.04. The molecule has 0 radical (unpaired) electrons. The molecule has 2 rings (SSSR count). The predicted octanol–water partition coefficient (Wildman–Crippen LogP) is 1.78.